The Morgan fingerprint density at radius 1 is 1.25 bits per heavy atom. The van der Waals surface area contributed by atoms with Gasteiger partial charge in [-0.2, -0.15) is 0 Å². The Hall–Kier alpha value is -1.39. The van der Waals surface area contributed by atoms with Gasteiger partial charge in [0.05, 0.1) is 11.6 Å². The molecule has 1 unspecified atom stereocenters. The van der Waals surface area contributed by atoms with Gasteiger partial charge in [0.25, 0.3) is 5.91 Å². The SMILES string of the molecule is O=C(NC(CCl)c1ccccc1)c1ccc(F)cc1Br. The van der Waals surface area contributed by atoms with Crippen molar-refractivity contribution in [3.63, 3.8) is 0 Å². The van der Waals surface area contributed by atoms with Gasteiger partial charge in [-0.3, -0.25) is 4.79 Å². The van der Waals surface area contributed by atoms with Crippen LogP contribution in [0.15, 0.2) is 53.0 Å². The van der Waals surface area contributed by atoms with Gasteiger partial charge in [0.15, 0.2) is 0 Å². The van der Waals surface area contributed by atoms with Crippen LogP contribution in [-0.4, -0.2) is 11.8 Å². The van der Waals surface area contributed by atoms with Gasteiger partial charge < -0.3 is 5.32 Å². The Labute approximate surface area is 130 Å². The van der Waals surface area contributed by atoms with E-state index in [2.05, 4.69) is 21.2 Å². The second-order valence-electron chi connectivity index (χ2n) is 4.22. The first-order valence-electron chi connectivity index (χ1n) is 5.98. The molecule has 2 aromatic rings. The zero-order valence-corrected chi connectivity index (χ0v) is 12.8. The Kier molecular flexibility index (Phi) is 5.15. The Bertz CT molecular complexity index is 606. The minimum Gasteiger partial charge on any atom is -0.344 e. The lowest BCUT2D eigenvalue weighted by atomic mass is 10.1. The molecule has 5 heteroatoms. The van der Waals surface area contributed by atoms with E-state index in [1.54, 1.807) is 0 Å². The molecule has 0 saturated heterocycles. The van der Waals surface area contributed by atoms with Crippen LogP contribution in [0.25, 0.3) is 0 Å². The number of hydrogen-bond donors (Lipinski definition) is 1. The van der Waals surface area contributed by atoms with E-state index in [9.17, 15) is 9.18 Å². The molecule has 0 aliphatic rings. The molecule has 0 fully saturated rings. The largest absolute Gasteiger partial charge is 0.344 e. The molecule has 1 N–H and O–H groups in total. The summed E-state index contributed by atoms with van der Waals surface area (Å²) < 4.78 is 13.4. The van der Waals surface area contributed by atoms with Crippen LogP contribution in [0, 0.1) is 5.82 Å². The third-order valence-corrected chi connectivity index (χ3v) is 3.80. The number of hydrogen-bond acceptors (Lipinski definition) is 1. The van der Waals surface area contributed by atoms with E-state index in [0.29, 0.717) is 10.0 Å². The highest BCUT2D eigenvalue weighted by atomic mass is 79.9. The van der Waals surface area contributed by atoms with Crippen molar-refractivity contribution in [2.45, 2.75) is 6.04 Å². The molecule has 2 aromatic carbocycles. The molecule has 0 radical (unpaired) electrons. The number of benzene rings is 2. The number of carbonyl (C=O) groups excluding carboxylic acids is 1. The van der Waals surface area contributed by atoms with Crippen LogP contribution in [-0.2, 0) is 0 Å². The predicted octanol–water partition coefficient (Wildman–Crippen LogP) is 4.30. The molecule has 0 heterocycles. The summed E-state index contributed by atoms with van der Waals surface area (Å²) in [4.78, 5) is 12.2. The first-order chi connectivity index (χ1) is 9.61. The van der Waals surface area contributed by atoms with Gasteiger partial charge in [-0.1, -0.05) is 30.3 Å². The van der Waals surface area contributed by atoms with Crippen molar-refractivity contribution < 1.29 is 9.18 Å². The maximum absolute atomic E-state index is 13.0. The fourth-order valence-corrected chi connectivity index (χ4v) is 2.59. The summed E-state index contributed by atoms with van der Waals surface area (Å²) in [6.45, 7) is 0. The summed E-state index contributed by atoms with van der Waals surface area (Å²) in [7, 11) is 0. The molecule has 104 valence electrons. The second kappa shape index (κ2) is 6.86. The summed E-state index contributed by atoms with van der Waals surface area (Å²) in [5, 5.41) is 2.84. The molecular formula is C15H12BrClFNO. The van der Waals surface area contributed by atoms with Gasteiger partial charge in [-0.05, 0) is 39.7 Å². The molecular weight excluding hydrogens is 345 g/mol. The molecule has 0 saturated carbocycles. The molecule has 0 aliphatic carbocycles. The fraction of sp³-hybridized carbons (Fsp3) is 0.133. The topological polar surface area (TPSA) is 29.1 Å². The molecule has 2 rings (SSSR count). The van der Waals surface area contributed by atoms with E-state index >= 15 is 0 Å². The summed E-state index contributed by atoms with van der Waals surface area (Å²) >= 11 is 9.09. The van der Waals surface area contributed by atoms with Crippen molar-refractivity contribution >= 4 is 33.4 Å². The van der Waals surface area contributed by atoms with Gasteiger partial charge in [0.2, 0.25) is 0 Å². The minimum absolute atomic E-state index is 0.258. The van der Waals surface area contributed by atoms with E-state index in [1.807, 2.05) is 30.3 Å². The van der Waals surface area contributed by atoms with Gasteiger partial charge in [-0.15, -0.1) is 11.6 Å². The number of nitrogens with one attached hydrogen (secondary N) is 1. The van der Waals surface area contributed by atoms with E-state index < -0.39 is 5.82 Å². The van der Waals surface area contributed by atoms with Crippen LogP contribution >= 0.6 is 27.5 Å². The monoisotopic (exact) mass is 355 g/mol. The number of alkyl halides is 1. The molecule has 1 atom stereocenters. The van der Waals surface area contributed by atoms with Crippen molar-refractivity contribution in [1.82, 2.24) is 5.32 Å². The van der Waals surface area contributed by atoms with Crippen LogP contribution in [0.5, 0.6) is 0 Å². The van der Waals surface area contributed by atoms with Crippen LogP contribution in [0.2, 0.25) is 0 Å². The highest BCUT2D eigenvalue weighted by molar-refractivity contribution is 9.10. The molecule has 1 amide bonds. The standard InChI is InChI=1S/C15H12BrClFNO/c16-13-8-11(18)6-7-12(13)15(20)19-14(9-17)10-4-2-1-3-5-10/h1-8,14H,9H2,(H,19,20). The third-order valence-electron chi connectivity index (χ3n) is 2.84. The number of rotatable bonds is 4. The maximum atomic E-state index is 13.0. The highest BCUT2D eigenvalue weighted by Crippen LogP contribution is 2.20. The number of halogens is 3. The van der Waals surface area contributed by atoms with Crippen LogP contribution in [0.4, 0.5) is 4.39 Å². The van der Waals surface area contributed by atoms with Crippen LogP contribution in [0.1, 0.15) is 22.0 Å². The molecule has 2 nitrogen and oxygen atoms in total. The first-order valence-corrected chi connectivity index (χ1v) is 7.31. The second-order valence-corrected chi connectivity index (χ2v) is 5.38. The van der Waals surface area contributed by atoms with Gasteiger partial charge in [0, 0.05) is 10.4 Å². The van der Waals surface area contributed by atoms with E-state index in [1.165, 1.54) is 18.2 Å². The quantitative estimate of drug-likeness (QED) is 0.813. The summed E-state index contributed by atoms with van der Waals surface area (Å²) in [5.74, 6) is -0.439. The summed E-state index contributed by atoms with van der Waals surface area (Å²) in [6, 6.07) is 13.1. The van der Waals surface area contributed by atoms with Gasteiger partial charge >= 0.3 is 0 Å². The maximum Gasteiger partial charge on any atom is 0.252 e. The van der Waals surface area contributed by atoms with E-state index in [0.717, 1.165) is 5.56 Å². The third kappa shape index (κ3) is 3.58. The molecule has 0 aliphatic heterocycles. The van der Waals surface area contributed by atoms with Crippen molar-refractivity contribution in [2.75, 3.05) is 5.88 Å². The van der Waals surface area contributed by atoms with Crippen molar-refractivity contribution in [2.24, 2.45) is 0 Å². The normalized spacial score (nSPS) is 11.9. The Morgan fingerprint density at radius 2 is 1.95 bits per heavy atom. The van der Waals surface area contributed by atoms with Crippen molar-refractivity contribution in [3.05, 3.63) is 69.9 Å². The number of amides is 1. The average molecular weight is 357 g/mol. The molecule has 0 spiro atoms. The zero-order chi connectivity index (χ0) is 14.5. The lowest BCUT2D eigenvalue weighted by Crippen LogP contribution is -2.29. The summed E-state index contributed by atoms with van der Waals surface area (Å²) in [6.07, 6.45) is 0. The van der Waals surface area contributed by atoms with Gasteiger partial charge in [-0.25, -0.2) is 4.39 Å². The average Bonchev–Trinajstić information content (AvgIpc) is 2.45. The van der Waals surface area contributed by atoms with Gasteiger partial charge in [0.1, 0.15) is 5.82 Å². The lowest BCUT2D eigenvalue weighted by Gasteiger charge is -2.17. The molecule has 20 heavy (non-hydrogen) atoms. The Balaban J connectivity index is 2.17. The van der Waals surface area contributed by atoms with Crippen LogP contribution in [0.3, 0.4) is 0 Å². The highest BCUT2D eigenvalue weighted by Gasteiger charge is 2.16. The fourth-order valence-electron chi connectivity index (χ4n) is 1.81. The summed E-state index contributed by atoms with van der Waals surface area (Å²) in [5.41, 5.74) is 1.30. The number of carbonyl (C=O) groups is 1. The predicted molar refractivity (Wildman–Crippen MR) is 81.5 cm³/mol. The van der Waals surface area contributed by atoms with Crippen LogP contribution < -0.4 is 5.32 Å². The van der Waals surface area contributed by atoms with Crippen molar-refractivity contribution in [3.8, 4) is 0 Å². The smallest absolute Gasteiger partial charge is 0.252 e. The first kappa shape index (κ1) is 15.0. The van der Waals surface area contributed by atoms with Crippen molar-refractivity contribution in [1.29, 1.82) is 0 Å². The molecule has 0 aromatic heterocycles. The zero-order valence-electron chi connectivity index (χ0n) is 10.4. The van der Waals surface area contributed by atoms with E-state index in [-0.39, 0.29) is 17.8 Å². The van der Waals surface area contributed by atoms with E-state index in [4.69, 9.17) is 11.6 Å². The molecule has 0 bridgehead atoms. The minimum atomic E-state index is -0.398. The Morgan fingerprint density at radius 3 is 2.55 bits per heavy atom. The lowest BCUT2D eigenvalue weighted by molar-refractivity contribution is 0.0939.